The first-order valence-electron chi connectivity index (χ1n) is 26.6. The number of amides is 1. The summed E-state index contributed by atoms with van der Waals surface area (Å²) in [5.41, 5.74) is 3.57. The van der Waals surface area contributed by atoms with E-state index in [1.165, 1.54) is 61.8 Å². The van der Waals surface area contributed by atoms with Crippen molar-refractivity contribution in [2.75, 3.05) is 13.2 Å². The van der Waals surface area contributed by atoms with Crippen molar-refractivity contribution in [1.29, 1.82) is 0 Å². The Morgan fingerprint density at radius 1 is 0.638 bits per heavy atom. The van der Waals surface area contributed by atoms with Crippen LogP contribution >= 0.6 is 0 Å². The quantitative estimate of drug-likeness (QED) is 0.0324. The third kappa shape index (κ3) is 24.0. The molecular formula is C57H85NO10S. The van der Waals surface area contributed by atoms with Crippen LogP contribution in [0.25, 0.3) is 0 Å². The molecule has 0 aliphatic carbocycles. The first kappa shape index (κ1) is 57.5. The van der Waals surface area contributed by atoms with Crippen molar-refractivity contribution in [3.8, 4) is 0 Å². The minimum absolute atomic E-state index is 0.0414. The fourth-order valence-electron chi connectivity index (χ4n) is 8.89. The Hall–Kier alpha value is -4.10. The predicted octanol–water partition coefficient (Wildman–Crippen LogP) is 12.0. The smallest absolute Gasteiger partial charge is 0.306 e. The molecule has 1 heterocycles. The van der Waals surface area contributed by atoms with E-state index in [0.29, 0.717) is 25.7 Å². The molecule has 3 aromatic rings. The van der Waals surface area contributed by atoms with E-state index in [1.807, 2.05) is 19.1 Å². The Bertz CT molecular complexity index is 1940. The number of aliphatic hydroxyl groups is 1. The average molecular weight is 976 g/mol. The molecule has 4 rings (SSSR count). The Labute approximate surface area is 415 Å². The third-order valence-electron chi connectivity index (χ3n) is 13.2. The van der Waals surface area contributed by atoms with Gasteiger partial charge in [0.15, 0.2) is 12.2 Å². The second-order valence-electron chi connectivity index (χ2n) is 19.1. The lowest BCUT2D eigenvalue weighted by atomic mass is 9.97. The van der Waals surface area contributed by atoms with Gasteiger partial charge >= 0.3 is 11.9 Å². The van der Waals surface area contributed by atoms with Gasteiger partial charge in [-0.2, -0.15) is 8.42 Å². The molecule has 1 amide bonds. The third-order valence-corrected chi connectivity index (χ3v) is 14.5. The molecule has 3 aromatic carbocycles. The second kappa shape index (κ2) is 34.3. The van der Waals surface area contributed by atoms with E-state index < -0.39 is 65.0 Å². The molecule has 1 aliphatic rings. The van der Waals surface area contributed by atoms with Gasteiger partial charge in [0.05, 0.1) is 24.2 Å². The SMILES string of the molecule is CCCCCCCCCCCCC(OC(=O)CCCCCCCCc1ccccc1)C(=O)N[C@H]1CO[C@H](COS(=O)(=O)c2ccc(C)cc2)[C@@H](O)[C@@H]1OC(=O)CCCCCCCCc1ccccc1. The highest BCUT2D eigenvalue weighted by Crippen LogP contribution is 2.24. The number of hydrogen-bond donors (Lipinski definition) is 2. The van der Waals surface area contributed by atoms with Crippen LogP contribution in [0.5, 0.6) is 0 Å². The van der Waals surface area contributed by atoms with Gasteiger partial charge in [-0.1, -0.05) is 194 Å². The summed E-state index contributed by atoms with van der Waals surface area (Å²) >= 11 is 0. The molecule has 0 aromatic heterocycles. The first-order valence-corrected chi connectivity index (χ1v) is 28.0. The van der Waals surface area contributed by atoms with Crippen LogP contribution in [0.4, 0.5) is 0 Å². The van der Waals surface area contributed by atoms with Crippen LogP contribution < -0.4 is 5.32 Å². The van der Waals surface area contributed by atoms with E-state index in [-0.39, 0.29) is 24.3 Å². The lowest BCUT2D eigenvalue weighted by Crippen LogP contribution is -2.62. The monoisotopic (exact) mass is 976 g/mol. The first-order chi connectivity index (χ1) is 33.6. The lowest BCUT2D eigenvalue weighted by Gasteiger charge is -2.40. The molecule has 1 fully saturated rings. The minimum atomic E-state index is -4.20. The molecule has 2 N–H and O–H groups in total. The fraction of sp³-hybridized carbons (Fsp3) is 0.632. The summed E-state index contributed by atoms with van der Waals surface area (Å²) in [6.45, 7) is 3.32. The number of carbonyl (C=O) groups is 3. The fourth-order valence-corrected chi connectivity index (χ4v) is 9.81. The average Bonchev–Trinajstić information content (AvgIpc) is 3.35. The van der Waals surface area contributed by atoms with E-state index in [0.717, 1.165) is 102 Å². The van der Waals surface area contributed by atoms with Gasteiger partial charge in [-0.25, -0.2) is 0 Å². The van der Waals surface area contributed by atoms with Gasteiger partial charge in [-0.3, -0.25) is 18.6 Å². The molecule has 384 valence electrons. The highest BCUT2D eigenvalue weighted by molar-refractivity contribution is 7.86. The van der Waals surface area contributed by atoms with Crippen LogP contribution in [-0.2, 0) is 55.7 Å². The predicted molar refractivity (Wildman–Crippen MR) is 273 cm³/mol. The molecule has 0 bridgehead atoms. The molecular weight excluding hydrogens is 891 g/mol. The molecule has 69 heavy (non-hydrogen) atoms. The van der Waals surface area contributed by atoms with Crippen LogP contribution in [-0.4, -0.2) is 75.0 Å². The Balaban J connectivity index is 1.32. The van der Waals surface area contributed by atoms with Crippen molar-refractivity contribution in [2.45, 2.75) is 223 Å². The summed E-state index contributed by atoms with van der Waals surface area (Å²) in [7, 11) is -4.20. The molecule has 0 spiro atoms. The van der Waals surface area contributed by atoms with Gasteiger partial charge in [0, 0.05) is 12.8 Å². The van der Waals surface area contributed by atoms with Crippen molar-refractivity contribution in [3.63, 3.8) is 0 Å². The van der Waals surface area contributed by atoms with E-state index >= 15 is 0 Å². The van der Waals surface area contributed by atoms with Crippen molar-refractivity contribution in [2.24, 2.45) is 0 Å². The summed E-state index contributed by atoms with van der Waals surface area (Å²) in [5.74, 6) is -1.53. The van der Waals surface area contributed by atoms with Gasteiger partial charge in [0.25, 0.3) is 16.0 Å². The number of aliphatic hydroxyl groups excluding tert-OH is 1. The maximum Gasteiger partial charge on any atom is 0.306 e. The summed E-state index contributed by atoms with van der Waals surface area (Å²) < 4.78 is 49.2. The number of unbranched alkanes of at least 4 members (excludes halogenated alkanes) is 19. The molecule has 1 aliphatic heterocycles. The van der Waals surface area contributed by atoms with Crippen LogP contribution in [0.1, 0.15) is 184 Å². The number of rotatable bonds is 37. The zero-order valence-corrected chi connectivity index (χ0v) is 42.8. The zero-order valence-electron chi connectivity index (χ0n) is 42.0. The topological polar surface area (TPSA) is 155 Å². The minimum Gasteiger partial charge on any atom is -0.457 e. The molecule has 0 radical (unpaired) electrons. The molecule has 1 saturated heterocycles. The number of hydrogen-bond acceptors (Lipinski definition) is 10. The Morgan fingerprint density at radius 2 is 1.12 bits per heavy atom. The highest BCUT2D eigenvalue weighted by atomic mass is 32.2. The van der Waals surface area contributed by atoms with Gasteiger partial charge in [0.2, 0.25) is 0 Å². The number of aryl methyl sites for hydroxylation is 3. The summed E-state index contributed by atoms with van der Waals surface area (Å²) in [6, 6.07) is 26.1. The number of nitrogens with one attached hydrogen (secondary N) is 1. The lowest BCUT2D eigenvalue weighted by molar-refractivity contribution is -0.190. The standard InChI is InChI=1S/C57H85NO10S/c1-3-4-5-6-7-8-9-10-17-28-37-51(67-53(59)38-29-18-13-11-15-22-31-47-33-24-20-25-34-47)57(62)58-50-44-65-52(45-66-69(63,64)49-42-40-46(2)41-43-49)55(61)56(50)68-54(60)39-30-19-14-12-16-23-32-48-35-26-21-27-36-48/h20-21,24-27,33-36,40-43,50-52,55-56,61H,3-19,22-23,28-32,37-39,44-45H2,1-2H3,(H,58,62)/t50-,51?,52+,55+,56+/m0/s1. The van der Waals surface area contributed by atoms with E-state index in [9.17, 15) is 27.9 Å². The van der Waals surface area contributed by atoms with Crippen LogP contribution in [0.2, 0.25) is 0 Å². The number of carbonyl (C=O) groups excluding carboxylic acids is 3. The summed E-state index contributed by atoms with van der Waals surface area (Å²) in [5, 5.41) is 14.6. The second-order valence-corrected chi connectivity index (χ2v) is 20.8. The molecule has 11 nitrogen and oxygen atoms in total. The van der Waals surface area contributed by atoms with E-state index in [1.54, 1.807) is 12.1 Å². The Morgan fingerprint density at radius 3 is 1.65 bits per heavy atom. The van der Waals surface area contributed by atoms with Crippen molar-refractivity contribution in [1.82, 2.24) is 5.32 Å². The largest absolute Gasteiger partial charge is 0.457 e. The highest BCUT2D eigenvalue weighted by Gasteiger charge is 2.44. The van der Waals surface area contributed by atoms with Crippen LogP contribution in [0.15, 0.2) is 89.8 Å². The Kier molecular flexibility index (Phi) is 28.5. The number of esters is 2. The zero-order chi connectivity index (χ0) is 49.4. The number of ether oxygens (including phenoxy) is 3. The molecule has 5 atom stereocenters. The normalized spacial score (nSPS) is 17.6. The maximum atomic E-state index is 14.1. The molecule has 1 unspecified atom stereocenters. The van der Waals surface area contributed by atoms with E-state index in [4.69, 9.17) is 18.4 Å². The van der Waals surface area contributed by atoms with Gasteiger partial charge in [-0.15, -0.1) is 0 Å². The van der Waals surface area contributed by atoms with Crippen molar-refractivity contribution >= 4 is 28.0 Å². The van der Waals surface area contributed by atoms with Gasteiger partial charge < -0.3 is 24.6 Å². The van der Waals surface area contributed by atoms with Crippen LogP contribution in [0, 0.1) is 6.92 Å². The van der Waals surface area contributed by atoms with Crippen LogP contribution in [0.3, 0.4) is 0 Å². The molecule has 0 saturated carbocycles. The van der Waals surface area contributed by atoms with Gasteiger partial charge in [-0.05, 0) is 81.5 Å². The van der Waals surface area contributed by atoms with Crippen molar-refractivity contribution in [3.05, 3.63) is 102 Å². The summed E-state index contributed by atoms with van der Waals surface area (Å²) in [6.07, 6.45) is 20.5. The number of benzene rings is 3. The molecule has 12 heteroatoms. The summed E-state index contributed by atoms with van der Waals surface area (Å²) in [4.78, 5) is 40.7. The van der Waals surface area contributed by atoms with Gasteiger partial charge in [0.1, 0.15) is 12.2 Å². The van der Waals surface area contributed by atoms with E-state index in [2.05, 4.69) is 60.8 Å². The maximum absolute atomic E-state index is 14.1. The van der Waals surface area contributed by atoms with Crippen molar-refractivity contribution < 1.29 is 46.3 Å².